The Bertz CT molecular complexity index is 893. The molecule has 0 saturated heterocycles. The van der Waals surface area contributed by atoms with Gasteiger partial charge in [-0.25, -0.2) is 0 Å². The molecule has 6 heteroatoms. The number of carbonyl (C=O) groups is 2. The molecule has 2 atom stereocenters. The van der Waals surface area contributed by atoms with Gasteiger partial charge in [0.25, 0.3) is 11.8 Å². The quantitative estimate of drug-likeness (QED) is 0.397. The molecule has 0 radical (unpaired) electrons. The molecule has 0 aromatic carbocycles. The fourth-order valence-corrected chi connectivity index (χ4v) is 5.76. The van der Waals surface area contributed by atoms with Gasteiger partial charge in [0.2, 0.25) is 5.88 Å². The Morgan fingerprint density at radius 2 is 1.75 bits per heavy atom. The molecule has 32 heavy (non-hydrogen) atoms. The summed E-state index contributed by atoms with van der Waals surface area (Å²) in [6.45, 7) is 9.02. The Labute approximate surface area is 191 Å². The van der Waals surface area contributed by atoms with E-state index in [2.05, 4.69) is 27.7 Å². The van der Waals surface area contributed by atoms with Crippen LogP contribution in [0.15, 0.2) is 24.3 Å². The summed E-state index contributed by atoms with van der Waals surface area (Å²) in [6, 6.07) is 1.41. The third-order valence-electron chi connectivity index (χ3n) is 6.77. The predicted octanol–water partition coefficient (Wildman–Crippen LogP) is 5.39. The van der Waals surface area contributed by atoms with E-state index in [1.54, 1.807) is 10.6 Å². The minimum absolute atomic E-state index is 0.0317. The first kappa shape index (κ1) is 24.1. The lowest BCUT2D eigenvalue weighted by atomic mass is 9.62. The molecule has 2 amide bonds. The second-order valence-corrected chi connectivity index (χ2v) is 10.7. The molecule has 2 aliphatic rings. The lowest BCUT2D eigenvalue weighted by Crippen LogP contribution is -2.50. The number of carbonyl (C=O) groups excluding carboxylic acids is 2. The topological polar surface area (TPSA) is 82.8 Å². The number of hydrogen-bond donors (Lipinski definition) is 2. The molecule has 3 rings (SSSR count). The van der Waals surface area contributed by atoms with Crippen molar-refractivity contribution in [3.8, 4) is 11.8 Å². The average molecular weight is 443 g/mol. The molecule has 1 aliphatic carbocycles. The lowest BCUT2D eigenvalue weighted by molar-refractivity contribution is -0.142. The van der Waals surface area contributed by atoms with Crippen LogP contribution in [-0.2, 0) is 16.1 Å². The summed E-state index contributed by atoms with van der Waals surface area (Å²) in [5.41, 5.74) is 0.229. The molecule has 176 valence electrons. The third-order valence-corrected chi connectivity index (χ3v) is 6.77. The van der Waals surface area contributed by atoms with E-state index in [0.29, 0.717) is 18.5 Å². The first-order chi connectivity index (χ1) is 15.1. The Hall–Kier alpha value is -2.50. The van der Waals surface area contributed by atoms with E-state index in [1.807, 2.05) is 12.2 Å². The van der Waals surface area contributed by atoms with Gasteiger partial charge in [-0.3, -0.25) is 19.1 Å². The van der Waals surface area contributed by atoms with Gasteiger partial charge in [-0.05, 0) is 42.9 Å². The second-order valence-electron chi connectivity index (χ2n) is 10.7. The van der Waals surface area contributed by atoms with E-state index < -0.39 is 0 Å². The Kier molecular flexibility index (Phi) is 7.21. The van der Waals surface area contributed by atoms with Gasteiger partial charge in [0.15, 0.2) is 5.88 Å². The fourth-order valence-electron chi connectivity index (χ4n) is 5.76. The van der Waals surface area contributed by atoms with Crippen molar-refractivity contribution in [3.05, 3.63) is 29.9 Å². The van der Waals surface area contributed by atoms with Crippen molar-refractivity contribution in [2.75, 3.05) is 0 Å². The van der Waals surface area contributed by atoms with Crippen molar-refractivity contribution in [3.63, 3.8) is 0 Å². The maximum Gasteiger partial charge on any atom is 0.253 e. The highest BCUT2D eigenvalue weighted by Gasteiger charge is 2.46. The van der Waals surface area contributed by atoms with E-state index in [4.69, 9.17) is 0 Å². The molecule has 2 heterocycles. The number of nitrogens with zero attached hydrogens (tertiary/aromatic N) is 2. The zero-order valence-corrected chi connectivity index (χ0v) is 19.9. The summed E-state index contributed by atoms with van der Waals surface area (Å²) < 4.78 is 1.56. The number of allylic oxidation sites excluding steroid dienone is 1. The number of amides is 2. The number of unbranched alkanes of at least 4 members (excludes halogenated alkanes) is 4. The Morgan fingerprint density at radius 3 is 2.41 bits per heavy atom. The van der Waals surface area contributed by atoms with Crippen LogP contribution in [-0.4, -0.2) is 37.5 Å². The van der Waals surface area contributed by atoms with E-state index in [1.165, 1.54) is 36.3 Å². The molecule has 1 fully saturated rings. The number of aromatic nitrogens is 1. The van der Waals surface area contributed by atoms with Crippen molar-refractivity contribution in [1.82, 2.24) is 9.47 Å². The van der Waals surface area contributed by atoms with Crippen LogP contribution < -0.4 is 0 Å². The van der Waals surface area contributed by atoms with Crippen LogP contribution in [0.1, 0.15) is 84.6 Å². The summed E-state index contributed by atoms with van der Waals surface area (Å²) in [7, 11) is 0. The molecule has 2 N–H and O–H groups in total. The Morgan fingerprint density at radius 1 is 1.06 bits per heavy atom. The molecular formula is C26H38N2O4. The molecular weight excluding hydrogens is 404 g/mol. The average Bonchev–Trinajstić information content (AvgIpc) is 3.16. The van der Waals surface area contributed by atoms with Crippen LogP contribution in [0, 0.1) is 10.8 Å². The smallest absolute Gasteiger partial charge is 0.253 e. The van der Waals surface area contributed by atoms with Gasteiger partial charge >= 0.3 is 0 Å². The largest absolute Gasteiger partial charge is 0.494 e. The van der Waals surface area contributed by atoms with Crippen LogP contribution in [0.3, 0.4) is 0 Å². The summed E-state index contributed by atoms with van der Waals surface area (Å²) in [4.78, 5) is 25.9. The van der Waals surface area contributed by atoms with Gasteiger partial charge in [0.1, 0.15) is 0 Å². The summed E-state index contributed by atoms with van der Waals surface area (Å²) in [6.07, 6.45) is 14.6. The van der Waals surface area contributed by atoms with Gasteiger partial charge in [-0.1, -0.05) is 59.1 Å². The van der Waals surface area contributed by atoms with Crippen molar-refractivity contribution in [2.24, 2.45) is 10.8 Å². The van der Waals surface area contributed by atoms with E-state index in [9.17, 15) is 19.8 Å². The normalized spacial score (nSPS) is 25.4. The molecule has 1 aliphatic heterocycles. The van der Waals surface area contributed by atoms with Crippen molar-refractivity contribution >= 4 is 17.9 Å². The minimum Gasteiger partial charge on any atom is -0.494 e. The summed E-state index contributed by atoms with van der Waals surface area (Å²) in [5, 5.41) is 21.4. The summed E-state index contributed by atoms with van der Waals surface area (Å²) in [5.74, 6) is -0.413. The number of aromatic hydroxyl groups is 2. The van der Waals surface area contributed by atoms with Crippen LogP contribution in [0.4, 0.5) is 0 Å². The predicted molar refractivity (Wildman–Crippen MR) is 126 cm³/mol. The van der Waals surface area contributed by atoms with Gasteiger partial charge in [-0.15, -0.1) is 0 Å². The van der Waals surface area contributed by atoms with Gasteiger partial charge in [0.05, 0.1) is 0 Å². The first-order valence-corrected chi connectivity index (χ1v) is 11.9. The van der Waals surface area contributed by atoms with Crippen molar-refractivity contribution < 1.29 is 19.8 Å². The number of imide groups is 1. The molecule has 2 unspecified atom stereocenters. The van der Waals surface area contributed by atoms with Gasteiger partial charge in [0, 0.05) is 36.4 Å². The SMILES string of the molecule is CCCCCC/C=C/c1cc(O)n(CC2(C)CC(N3C(=O)C=CC3=O)CC(C)(C)C2)c1O. The molecule has 0 spiro atoms. The van der Waals surface area contributed by atoms with Crippen LogP contribution in [0.2, 0.25) is 0 Å². The number of rotatable bonds is 9. The van der Waals surface area contributed by atoms with E-state index >= 15 is 0 Å². The molecule has 1 aromatic heterocycles. The molecule has 1 aromatic rings. The number of hydrogen-bond acceptors (Lipinski definition) is 4. The van der Waals surface area contributed by atoms with Crippen molar-refractivity contribution in [1.29, 1.82) is 0 Å². The van der Waals surface area contributed by atoms with Gasteiger partial charge < -0.3 is 10.2 Å². The van der Waals surface area contributed by atoms with Gasteiger partial charge in [-0.2, -0.15) is 0 Å². The monoisotopic (exact) mass is 442 g/mol. The highest BCUT2D eigenvalue weighted by molar-refractivity contribution is 6.13. The molecule has 0 bridgehead atoms. The first-order valence-electron chi connectivity index (χ1n) is 11.9. The maximum absolute atomic E-state index is 12.3. The second kappa shape index (κ2) is 9.55. The highest BCUT2D eigenvalue weighted by Crippen LogP contribution is 2.50. The molecule has 6 nitrogen and oxygen atoms in total. The zero-order valence-electron chi connectivity index (χ0n) is 19.9. The Balaban J connectivity index is 1.75. The van der Waals surface area contributed by atoms with Crippen molar-refractivity contribution in [2.45, 2.75) is 91.6 Å². The van der Waals surface area contributed by atoms with Crippen LogP contribution in [0.25, 0.3) is 6.08 Å². The van der Waals surface area contributed by atoms with Crippen LogP contribution >= 0.6 is 0 Å². The highest BCUT2D eigenvalue weighted by atomic mass is 16.3. The standard InChI is InChI=1S/C26H38N2O4/c1-5-6-7-8-9-10-11-19-14-23(31)27(24(19)32)18-26(4)16-20(15-25(2,3)17-26)28-21(29)12-13-22(28)30/h10-14,20,31-32H,5-9,15-18H2,1-4H3/b11-10+. The molecule has 1 saturated carbocycles. The van der Waals surface area contributed by atoms with E-state index in [0.717, 1.165) is 25.7 Å². The summed E-state index contributed by atoms with van der Waals surface area (Å²) >= 11 is 0. The zero-order chi connectivity index (χ0) is 23.5. The fraction of sp³-hybridized carbons (Fsp3) is 0.615. The minimum atomic E-state index is -0.301. The third kappa shape index (κ3) is 5.45. The van der Waals surface area contributed by atoms with E-state index in [-0.39, 0.29) is 40.4 Å². The van der Waals surface area contributed by atoms with Crippen LogP contribution in [0.5, 0.6) is 11.8 Å². The lowest BCUT2D eigenvalue weighted by Gasteiger charge is -2.48. The maximum atomic E-state index is 12.3.